The largest absolute Gasteiger partial charge is 0.466 e. The summed E-state index contributed by atoms with van der Waals surface area (Å²) in [5.41, 5.74) is 1.04. The van der Waals surface area contributed by atoms with Gasteiger partial charge in [0.05, 0.1) is 32.0 Å². The maximum atomic E-state index is 11.7. The van der Waals surface area contributed by atoms with Gasteiger partial charge in [-0.2, -0.15) is 0 Å². The number of hydrogen-bond donors (Lipinski definition) is 2. The number of aliphatic hydroxyl groups excluding tert-OH is 2. The minimum Gasteiger partial charge on any atom is -0.466 e. The van der Waals surface area contributed by atoms with Gasteiger partial charge < -0.3 is 19.7 Å². The van der Waals surface area contributed by atoms with E-state index in [1.54, 1.807) is 6.92 Å². The van der Waals surface area contributed by atoms with E-state index >= 15 is 0 Å². The second-order valence-corrected chi connectivity index (χ2v) is 6.06. The standard InChI is InChI=1S/C18H26O5/c1-2-23-17(21)10-14-8-9-15(19)18(14)16(20)12-22-11-13-6-4-3-5-7-13/h3-7,14-16,18-20H,2,8-12H2,1H3/t14-,15+,16+,18+/m1/s1. The van der Waals surface area contributed by atoms with Crippen LogP contribution in [0.15, 0.2) is 30.3 Å². The number of rotatable bonds is 8. The van der Waals surface area contributed by atoms with Crippen molar-refractivity contribution in [3.8, 4) is 0 Å². The number of aliphatic hydroxyl groups is 2. The highest BCUT2D eigenvalue weighted by molar-refractivity contribution is 5.69. The van der Waals surface area contributed by atoms with E-state index in [2.05, 4.69) is 0 Å². The molecule has 1 aromatic carbocycles. The van der Waals surface area contributed by atoms with Gasteiger partial charge in [-0.1, -0.05) is 30.3 Å². The molecule has 4 atom stereocenters. The molecule has 5 heteroatoms. The van der Waals surface area contributed by atoms with Crippen LogP contribution in [0.3, 0.4) is 0 Å². The third-order valence-corrected chi connectivity index (χ3v) is 4.40. The lowest BCUT2D eigenvalue weighted by Gasteiger charge is -2.26. The van der Waals surface area contributed by atoms with Crippen molar-refractivity contribution in [3.63, 3.8) is 0 Å². The molecule has 0 unspecified atom stereocenters. The molecule has 0 aliphatic heterocycles. The molecule has 0 bridgehead atoms. The third-order valence-electron chi connectivity index (χ3n) is 4.40. The first-order valence-electron chi connectivity index (χ1n) is 8.25. The highest BCUT2D eigenvalue weighted by Gasteiger charge is 2.40. The number of ether oxygens (including phenoxy) is 2. The zero-order chi connectivity index (χ0) is 16.7. The van der Waals surface area contributed by atoms with Crippen molar-refractivity contribution in [2.45, 2.75) is 45.0 Å². The van der Waals surface area contributed by atoms with E-state index in [0.29, 0.717) is 19.6 Å². The lowest BCUT2D eigenvalue weighted by molar-refractivity contribution is -0.145. The van der Waals surface area contributed by atoms with Crippen molar-refractivity contribution in [1.29, 1.82) is 0 Å². The molecular formula is C18H26O5. The van der Waals surface area contributed by atoms with E-state index in [-0.39, 0.29) is 30.8 Å². The number of esters is 1. The molecule has 128 valence electrons. The Morgan fingerprint density at radius 2 is 2.04 bits per heavy atom. The predicted octanol–water partition coefficient (Wildman–Crippen LogP) is 1.90. The van der Waals surface area contributed by atoms with Gasteiger partial charge in [0.1, 0.15) is 0 Å². The maximum absolute atomic E-state index is 11.7. The van der Waals surface area contributed by atoms with E-state index < -0.39 is 12.2 Å². The number of hydrogen-bond acceptors (Lipinski definition) is 5. The molecule has 5 nitrogen and oxygen atoms in total. The minimum atomic E-state index is -0.782. The number of benzene rings is 1. The van der Waals surface area contributed by atoms with Gasteiger partial charge in [-0.15, -0.1) is 0 Å². The van der Waals surface area contributed by atoms with Gasteiger partial charge in [-0.05, 0) is 31.2 Å². The smallest absolute Gasteiger partial charge is 0.306 e. The van der Waals surface area contributed by atoms with Gasteiger partial charge in [-0.25, -0.2) is 0 Å². The average Bonchev–Trinajstić information content (AvgIpc) is 2.89. The summed E-state index contributed by atoms with van der Waals surface area (Å²) >= 11 is 0. The summed E-state index contributed by atoms with van der Waals surface area (Å²) in [6, 6.07) is 9.73. The molecule has 0 saturated heterocycles. The van der Waals surface area contributed by atoms with Crippen LogP contribution in [0.4, 0.5) is 0 Å². The lowest BCUT2D eigenvalue weighted by atomic mass is 9.87. The second kappa shape index (κ2) is 9.01. The molecule has 23 heavy (non-hydrogen) atoms. The Kier molecular flexibility index (Phi) is 7.02. The Morgan fingerprint density at radius 3 is 2.74 bits per heavy atom. The number of carbonyl (C=O) groups is 1. The predicted molar refractivity (Wildman–Crippen MR) is 85.6 cm³/mol. The molecule has 0 radical (unpaired) electrons. The summed E-state index contributed by atoms with van der Waals surface area (Å²) in [4.78, 5) is 11.7. The zero-order valence-corrected chi connectivity index (χ0v) is 13.6. The van der Waals surface area contributed by atoms with Crippen LogP contribution >= 0.6 is 0 Å². The van der Waals surface area contributed by atoms with Gasteiger partial charge in [0.2, 0.25) is 0 Å². The van der Waals surface area contributed by atoms with E-state index in [0.717, 1.165) is 12.0 Å². The first kappa shape index (κ1) is 17.9. The molecule has 0 amide bonds. The molecule has 0 spiro atoms. The molecule has 1 aliphatic rings. The molecule has 2 rings (SSSR count). The van der Waals surface area contributed by atoms with Gasteiger partial charge in [0.15, 0.2) is 0 Å². The SMILES string of the molecule is CCOC(=O)C[C@H]1CC[C@H](O)[C@H]1[C@@H](O)COCc1ccccc1. The van der Waals surface area contributed by atoms with Crippen LogP contribution in [0.1, 0.15) is 31.7 Å². The normalized spacial score (nSPS) is 25.3. The van der Waals surface area contributed by atoms with Crippen LogP contribution in [0.25, 0.3) is 0 Å². The lowest BCUT2D eigenvalue weighted by Crippen LogP contribution is -2.36. The van der Waals surface area contributed by atoms with Crippen molar-refractivity contribution in [2.24, 2.45) is 11.8 Å². The van der Waals surface area contributed by atoms with Crippen LogP contribution in [-0.2, 0) is 20.9 Å². The average molecular weight is 322 g/mol. The molecule has 0 aromatic heterocycles. The van der Waals surface area contributed by atoms with Crippen molar-refractivity contribution in [1.82, 2.24) is 0 Å². The van der Waals surface area contributed by atoms with E-state index in [4.69, 9.17) is 9.47 Å². The van der Waals surface area contributed by atoms with Crippen molar-refractivity contribution < 1.29 is 24.5 Å². The Morgan fingerprint density at radius 1 is 1.30 bits per heavy atom. The quantitative estimate of drug-likeness (QED) is 0.715. The molecule has 0 heterocycles. The monoisotopic (exact) mass is 322 g/mol. The maximum Gasteiger partial charge on any atom is 0.306 e. The summed E-state index contributed by atoms with van der Waals surface area (Å²) in [5.74, 6) is -0.663. The van der Waals surface area contributed by atoms with Crippen molar-refractivity contribution >= 4 is 5.97 Å². The van der Waals surface area contributed by atoms with E-state index in [1.165, 1.54) is 0 Å². The Bertz CT molecular complexity index is 476. The molecule has 1 aliphatic carbocycles. The van der Waals surface area contributed by atoms with Gasteiger partial charge in [0.25, 0.3) is 0 Å². The highest BCUT2D eigenvalue weighted by Crippen LogP contribution is 2.37. The van der Waals surface area contributed by atoms with Crippen LogP contribution in [-0.4, -0.2) is 41.6 Å². The third kappa shape index (κ3) is 5.30. The fourth-order valence-electron chi connectivity index (χ4n) is 3.31. The zero-order valence-electron chi connectivity index (χ0n) is 13.6. The van der Waals surface area contributed by atoms with E-state index in [1.807, 2.05) is 30.3 Å². The molecule has 1 aromatic rings. The fraction of sp³-hybridized carbons (Fsp3) is 0.611. The van der Waals surface area contributed by atoms with Crippen LogP contribution in [0.5, 0.6) is 0 Å². The fourth-order valence-corrected chi connectivity index (χ4v) is 3.31. The summed E-state index contributed by atoms with van der Waals surface area (Å²) in [7, 11) is 0. The first-order chi connectivity index (χ1) is 11.1. The summed E-state index contributed by atoms with van der Waals surface area (Å²) < 4.78 is 10.5. The summed E-state index contributed by atoms with van der Waals surface area (Å²) in [5, 5.41) is 20.5. The molecule has 2 N–H and O–H groups in total. The Labute approximate surface area is 137 Å². The van der Waals surface area contributed by atoms with Gasteiger partial charge >= 0.3 is 5.97 Å². The molecule has 1 fully saturated rings. The van der Waals surface area contributed by atoms with Gasteiger partial charge in [-0.3, -0.25) is 4.79 Å². The molecular weight excluding hydrogens is 296 g/mol. The van der Waals surface area contributed by atoms with Gasteiger partial charge in [0, 0.05) is 12.3 Å². The Hall–Kier alpha value is -1.43. The summed E-state index contributed by atoms with van der Waals surface area (Å²) in [6.45, 7) is 2.69. The van der Waals surface area contributed by atoms with Crippen LogP contribution < -0.4 is 0 Å². The van der Waals surface area contributed by atoms with Crippen molar-refractivity contribution in [2.75, 3.05) is 13.2 Å². The summed E-state index contributed by atoms with van der Waals surface area (Å²) in [6.07, 6.45) is 0.191. The minimum absolute atomic E-state index is 0.0561. The number of carbonyl (C=O) groups excluding carboxylic acids is 1. The first-order valence-corrected chi connectivity index (χ1v) is 8.25. The van der Waals surface area contributed by atoms with Crippen molar-refractivity contribution in [3.05, 3.63) is 35.9 Å². The molecule has 1 saturated carbocycles. The second-order valence-electron chi connectivity index (χ2n) is 6.06. The topological polar surface area (TPSA) is 76.0 Å². The van der Waals surface area contributed by atoms with Crippen LogP contribution in [0, 0.1) is 11.8 Å². The van der Waals surface area contributed by atoms with Crippen LogP contribution in [0.2, 0.25) is 0 Å². The highest BCUT2D eigenvalue weighted by atomic mass is 16.5. The Balaban J connectivity index is 1.82. The van der Waals surface area contributed by atoms with E-state index in [9.17, 15) is 15.0 Å².